The average Bonchev–Trinajstić information content (AvgIpc) is 3.02. The third-order valence-electron chi connectivity index (χ3n) is 4.20. The minimum atomic E-state index is -0.201. The number of nitrogens with one attached hydrogen (secondary N) is 2. The molecule has 2 N–H and O–H groups in total. The number of nitrogens with zero attached hydrogens (tertiary/aromatic N) is 3. The molecular weight excluding hydrogens is 314 g/mol. The van der Waals surface area contributed by atoms with Crippen molar-refractivity contribution >= 4 is 28.6 Å². The first-order valence-corrected chi connectivity index (χ1v) is 7.77. The molecule has 0 aliphatic carbocycles. The van der Waals surface area contributed by atoms with Crippen molar-refractivity contribution in [3.8, 4) is 6.07 Å². The number of benzene rings is 1. The Hall–Kier alpha value is -3.72. The van der Waals surface area contributed by atoms with Gasteiger partial charge in [0.25, 0.3) is 5.56 Å². The zero-order chi connectivity index (χ0) is 17.4. The minimum absolute atomic E-state index is 0.201. The standard InChI is InChI=1S/C19H13N5O/c1-12-14(9-20)18-23-16-6-2-3-7-17(16)24(18)19(25)15(12)11-22-13-5-4-8-21-10-13/h2-8,10-11,22H,1H3/p+1. The van der Waals surface area contributed by atoms with Gasteiger partial charge in [0.2, 0.25) is 0 Å². The zero-order valence-electron chi connectivity index (χ0n) is 13.4. The molecule has 0 saturated heterocycles. The van der Waals surface area contributed by atoms with Crippen LogP contribution in [0.3, 0.4) is 0 Å². The van der Waals surface area contributed by atoms with Crippen molar-refractivity contribution in [3.05, 3.63) is 75.5 Å². The number of aromatic nitrogens is 3. The second-order valence-electron chi connectivity index (χ2n) is 5.67. The molecule has 0 aliphatic heterocycles. The monoisotopic (exact) mass is 328 g/mol. The van der Waals surface area contributed by atoms with Gasteiger partial charge >= 0.3 is 0 Å². The van der Waals surface area contributed by atoms with E-state index in [1.165, 1.54) is 4.40 Å². The van der Waals surface area contributed by atoms with Gasteiger partial charge in [0.1, 0.15) is 11.8 Å². The summed E-state index contributed by atoms with van der Waals surface area (Å²) in [5.41, 5.74) is 3.42. The van der Waals surface area contributed by atoms with Gasteiger partial charge in [0.05, 0.1) is 21.8 Å². The molecule has 0 bridgehead atoms. The summed E-state index contributed by atoms with van der Waals surface area (Å²) in [7, 11) is 0. The van der Waals surface area contributed by atoms with E-state index < -0.39 is 0 Å². The van der Waals surface area contributed by atoms with Crippen LogP contribution in [0.4, 0.5) is 5.69 Å². The van der Waals surface area contributed by atoms with E-state index in [-0.39, 0.29) is 5.56 Å². The molecule has 3 heterocycles. The molecule has 0 saturated carbocycles. The molecule has 0 spiro atoms. The number of anilines is 1. The predicted octanol–water partition coefficient (Wildman–Crippen LogP) is 1.41. The van der Waals surface area contributed by atoms with Crippen LogP contribution in [-0.4, -0.2) is 9.38 Å². The fourth-order valence-electron chi connectivity index (χ4n) is 2.92. The number of aromatic amines is 1. The van der Waals surface area contributed by atoms with Crippen LogP contribution in [0.25, 0.3) is 22.9 Å². The number of imidazole rings is 1. The molecule has 0 radical (unpaired) electrons. The van der Waals surface area contributed by atoms with Crippen LogP contribution in [0.15, 0.2) is 53.6 Å². The van der Waals surface area contributed by atoms with E-state index in [2.05, 4.69) is 21.4 Å². The van der Waals surface area contributed by atoms with Gasteiger partial charge in [-0.1, -0.05) is 12.1 Å². The second kappa shape index (κ2) is 5.73. The number of rotatable bonds is 2. The largest absolute Gasteiger partial charge is 0.356 e. The Morgan fingerprint density at radius 1 is 1.28 bits per heavy atom. The third-order valence-corrected chi connectivity index (χ3v) is 4.20. The maximum atomic E-state index is 13.0. The van der Waals surface area contributed by atoms with E-state index >= 15 is 0 Å². The van der Waals surface area contributed by atoms with E-state index in [1.54, 1.807) is 25.5 Å². The van der Waals surface area contributed by atoms with Gasteiger partial charge in [-0.15, -0.1) is 0 Å². The van der Waals surface area contributed by atoms with Gasteiger partial charge in [0.15, 0.2) is 18.0 Å². The fourth-order valence-corrected chi connectivity index (χ4v) is 2.92. The van der Waals surface area contributed by atoms with E-state index in [9.17, 15) is 10.1 Å². The van der Waals surface area contributed by atoms with Crippen molar-refractivity contribution in [1.29, 1.82) is 5.26 Å². The molecular formula is C19H14N5O+. The SMILES string of the molecule is Cc1c(C#N)c2nc3ccccc3n2c(=O)c1=CNc1ccc[nH+]c1. The summed E-state index contributed by atoms with van der Waals surface area (Å²) in [6, 6.07) is 13.3. The van der Waals surface area contributed by atoms with Crippen molar-refractivity contribution in [2.24, 2.45) is 0 Å². The summed E-state index contributed by atoms with van der Waals surface area (Å²) in [5.74, 6) is 0. The van der Waals surface area contributed by atoms with Crippen LogP contribution in [0.2, 0.25) is 0 Å². The van der Waals surface area contributed by atoms with Crippen molar-refractivity contribution in [3.63, 3.8) is 0 Å². The summed E-state index contributed by atoms with van der Waals surface area (Å²) < 4.78 is 1.51. The Morgan fingerprint density at radius 3 is 2.88 bits per heavy atom. The number of hydrogen-bond acceptors (Lipinski definition) is 4. The summed E-state index contributed by atoms with van der Waals surface area (Å²) >= 11 is 0. The maximum Gasteiger partial charge on any atom is 0.265 e. The highest BCUT2D eigenvalue weighted by Crippen LogP contribution is 2.17. The maximum absolute atomic E-state index is 13.0. The lowest BCUT2D eigenvalue weighted by Crippen LogP contribution is -2.35. The Kier molecular flexibility index (Phi) is 3.40. The van der Waals surface area contributed by atoms with Crippen molar-refractivity contribution in [1.82, 2.24) is 9.38 Å². The van der Waals surface area contributed by atoms with Gasteiger partial charge in [-0.05, 0) is 30.7 Å². The molecule has 25 heavy (non-hydrogen) atoms. The van der Waals surface area contributed by atoms with Crippen LogP contribution in [0.5, 0.6) is 0 Å². The number of H-pyrrole nitrogens is 1. The third kappa shape index (κ3) is 2.30. The Balaban J connectivity index is 2.07. The highest BCUT2D eigenvalue weighted by atomic mass is 16.1. The number of para-hydroxylation sites is 2. The molecule has 4 aromatic rings. The molecule has 0 amide bonds. The van der Waals surface area contributed by atoms with E-state index in [1.807, 2.05) is 36.4 Å². The lowest BCUT2D eigenvalue weighted by Gasteiger charge is -2.03. The van der Waals surface area contributed by atoms with Gasteiger partial charge in [0, 0.05) is 12.3 Å². The van der Waals surface area contributed by atoms with E-state index in [0.29, 0.717) is 33.0 Å². The van der Waals surface area contributed by atoms with E-state index in [4.69, 9.17) is 0 Å². The Labute approximate surface area is 142 Å². The lowest BCUT2D eigenvalue weighted by atomic mass is 10.1. The molecule has 6 heteroatoms. The van der Waals surface area contributed by atoms with Crippen molar-refractivity contribution < 1.29 is 4.98 Å². The first-order valence-electron chi connectivity index (χ1n) is 7.77. The van der Waals surface area contributed by atoms with Gasteiger partial charge in [-0.2, -0.15) is 5.26 Å². The summed E-state index contributed by atoms with van der Waals surface area (Å²) in [5, 5.41) is 13.1. The Bertz CT molecular complexity index is 1250. The van der Waals surface area contributed by atoms with Crippen LogP contribution >= 0.6 is 0 Å². The number of nitriles is 1. The van der Waals surface area contributed by atoms with E-state index in [0.717, 1.165) is 5.69 Å². The molecule has 6 nitrogen and oxygen atoms in total. The highest BCUT2D eigenvalue weighted by molar-refractivity contribution is 5.82. The normalized spacial score (nSPS) is 11.8. The number of pyridine rings is 2. The minimum Gasteiger partial charge on any atom is -0.356 e. The molecule has 0 fully saturated rings. The average molecular weight is 328 g/mol. The van der Waals surface area contributed by atoms with Crippen LogP contribution in [0.1, 0.15) is 11.1 Å². The van der Waals surface area contributed by atoms with Gasteiger partial charge in [-0.25, -0.2) is 9.97 Å². The van der Waals surface area contributed by atoms with Gasteiger partial charge in [-0.3, -0.25) is 9.20 Å². The lowest BCUT2D eigenvalue weighted by molar-refractivity contribution is -0.377. The molecule has 1 aromatic carbocycles. The van der Waals surface area contributed by atoms with Crippen LogP contribution < -0.4 is 21.1 Å². The Morgan fingerprint density at radius 2 is 2.12 bits per heavy atom. The molecule has 4 rings (SSSR count). The molecule has 0 atom stereocenters. The zero-order valence-corrected chi connectivity index (χ0v) is 13.4. The summed E-state index contributed by atoms with van der Waals surface area (Å²) in [4.78, 5) is 20.5. The van der Waals surface area contributed by atoms with Crippen LogP contribution in [0, 0.1) is 18.3 Å². The summed E-state index contributed by atoms with van der Waals surface area (Å²) in [6.07, 6.45) is 5.22. The number of fused-ring (bicyclic) bond motifs is 3. The predicted molar refractivity (Wildman–Crippen MR) is 94.7 cm³/mol. The van der Waals surface area contributed by atoms with Crippen molar-refractivity contribution in [2.45, 2.75) is 6.92 Å². The quantitative estimate of drug-likeness (QED) is 0.603. The van der Waals surface area contributed by atoms with Crippen molar-refractivity contribution in [2.75, 3.05) is 5.32 Å². The molecule has 120 valence electrons. The second-order valence-corrected chi connectivity index (χ2v) is 5.67. The fraction of sp³-hybridized carbons (Fsp3) is 0.0526. The first-order chi connectivity index (χ1) is 12.2. The number of hydrogen-bond donors (Lipinski definition) is 1. The molecule has 0 unspecified atom stereocenters. The first kappa shape index (κ1) is 14.8. The molecule has 0 aliphatic rings. The van der Waals surface area contributed by atoms with Crippen LogP contribution in [-0.2, 0) is 0 Å². The smallest absolute Gasteiger partial charge is 0.265 e. The summed E-state index contributed by atoms with van der Waals surface area (Å²) in [6.45, 7) is 1.77. The van der Waals surface area contributed by atoms with Gasteiger partial charge < -0.3 is 5.32 Å². The topological polar surface area (TPSA) is 84.3 Å². The molecule has 3 aromatic heterocycles. The highest BCUT2D eigenvalue weighted by Gasteiger charge is 2.15.